The number of amides is 3. The van der Waals surface area contributed by atoms with E-state index in [1.807, 2.05) is 27.7 Å². The van der Waals surface area contributed by atoms with Crippen LogP contribution in [0.2, 0.25) is 0 Å². The van der Waals surface area contributed by atoms with Crippen LogP contribution in [0.4, 0.5) is 0 Å². The van der Waals surface area contributed by atoms with E-state index in [0.717, 1.165) is 0 Å². The van der Waals surface area contributed by atoms with Crippen LogP contribution in [-0.4, -0.2) is 64.7 Å². The van der Waals surface area contributed by atoms with E-state index in [4.69, 9.17) is 4.74 Å². The standard InChI is InChI=1S/C25H39N3O6S/c1-7-8-9-17-11-19(30)26-20(13(2)3)18(29)10-16-12-35-15(6)22(28-23(16)31)24(32)27-21(14(4)5)25(33)34-17/h8-9,13-17,20-22H,7,10-12H2,1-6H3,(H,26,30)(H,27,32)(H,28,31)/b9-8+/t15?,16-,17+,20-,21+,22?/m1/s1. The molecule has 0 spiro atoms. The van der Waals surface area contributed by atoms with E-state index < -0.39 is 47.9 Å². The molecule has 9 nitrogen and oxygen atoms in total. The van der Waals surface area contributed by atoms with Crippen molar-refractivity contribution in [2.75, 3.05) is 5.75 Å². The highest BCUT2D eigenvalue weighted by Crippen LogP contribution is 2.26. The molecule has 2 rings (SSSR count). The molecule has 2 fully saturated rings. The van der Waals surface area contributed by atoms with Gasteiger partial charge in [0, 0.05) is 17.4 Å². The van der Waals surface area contributed by atoms with Gasteiger partial charge in [0.25, 0.3) is 0 Å². The predicted molar refractivity (Wildman–Crippen MR) is 134 cm³/mol. The molecule has 196 valence electrons. The number of cyclic esters (lactones) is 1. The summed E-state index contributed by atoms with van der Waals surface area (Å²) in [5.41, 5.74) is 0. The van der Waals surface area contributed by atoms with Gasteiger partial charge in [-0.1, -0.05) is 47.6 Å². The SMILES string of the molecule is CC/C=C/[C@H]1CC(=O)N[C@H](C(C)C)C(=O)C[C@@H]2CSC(C)C(NC2=O)C(=O)N[C@@H](C(C)C)C(=O)O1. The van der Waals surface area contributed by atoms with Gasteiger partial charge in [-0.05, 0) is 24.3 Å². The molecule has 2 unspecified atom stereocenters. The van der Waals surface area contributed by atoms with Crippen molar-refractivity contribution in [3.63, 3.8) is 0 Å². The summed E-state index contributed by atoms with van der Waals surface area (Å²) in [7, 11) is 0. The molecule has 2 saturated heterocycles. The average molecular weight is 510 g/mol. The molecule has 10 heteroatoms. The van der Waals surface area contributed by atoms with Gasteiger partial charge in [0.15, 0.2) is 5.78 Å². The number of carbonyl (C=O) groups excluding carboxylic acids is 5. The van der Waals surface area contributed by atoms with Gasteiger partial charge >= 0.3 is 5.97 Å². The van der Waals surface area contributed by atoms with E-state index in [0.29, 0.717) is 12.2 Å². The highest BCUT2D eigenvalue weighted by molar-refractivity contribution is 8.00. The molecular formula is C25H39N3O6S. The summed E-state index contributed by atoms with van der Waals surface area (Å²) in [6.07, 6.45) is 3.10. The van der Waals surface area contributed by atoms with Gasteiger partial charge in [0.1, 0.15) is 18.2 Å². The number of thioether (sulfide) groups is 1. The summed E-state index contributed by atoms with van der Waals surface area (Å²) >= 11 is 1.43. The molecule has 6 atom stereocenters. The van der Waals surface area contributed by atoms with E-state index >= 15 is 0 Å². The second-order valence-corrected chi connectivity index (χ2v) is 11.3. The number of ether oxygens (including phenoxy) is 1. The van der Waals surface area contributed by atoms with Crippen molar-refractivity contribution < 1.29 is 28.7 Å². The first-order valence-electron chi connectivity index (χ1n) is 12.4. The lowest BCUT2D eigenvalue weighted by molar-refractivity contribution is -0.153. The Morgan fingerprint density at radius 2 is 1.60 bits per heavy atom. The fraction of sp³-hybridized carbons (Fsp3) is 0.720. The maximum absolute atomic E-state index is 13.2. The molecular weight excluding hydrogens is 470 g/mol. The predicted octanol–water partition coefficient (Wildman–Crippen LogP) is 1.75. The molecule has 3 amide bonds. The first kappa shape index (κ1) is 28.9. The molecule has 0 aromatic heterocycles. The fourth-order valence-electron chi connectivity index (χ4n) is 4.06. The van der Waals surface area contributed by atoms with Crippen molar-refractivity contribution in [2.45, 2.75) is 90.3 Å². The Morgan fingerprint density at radius 1 is 0.943 bits per heavy atom. The summed E-state index contributed by atoms with van der Waals surface area (Å²) in [5, 5.41) is 8.03. The van der Waals surface area contributed by atoms with Crippen molar-refractivity contribution in [1.82, 2.24) is 16.0 Å². The molecule has 0 saturated carbocycles. The topological polar surface area (TPSA) is 131 Å². The van der Waals surface area contributed by atoms with Crippen LogP contribution in [0.15, 0.2) is 12.2 Å². The number of ketones is 1. The van der Waals surface area contributed by atoms with E-state index in [1.165, 1.54) is 11.8 Å². The Labute approximate surface area is 211 Å². The summed E-state index contributed by atoms with van der Waals surface area (Å²) in [5.74, 6) is -2.91. The van der Waals surface area contributed by atoms with Gasteiger partial charge in [0.2, 0.25) is 17.7 Å². The van der Waals surface area contributed by atoms with E-state index in [2.05, 4.69) is 16.0 Å². The smallest absolute Gasteiger partial charge is 0.329 e. The van der Waals surface area contributed by atoms with Crippen LogP contribution in [0, 0.1) is 17.8 Å². The van der Waals surface area contributed by atoms with Gasteiger partial charge in [0.05, 0.1) is 18.4 Å². The molecule has 0 aromatic carbocycles. The third-order valence-corrected chi connectivity index (χ3v) is 7.61. The molecule has 2 aliphatic heterocycles. The summed E-state index contributed by atoms with van der Waals surface area (Å²) in [6, 6.07) is -2.58. The first-order chi connectivity index (χ1) is 16.4. The Kier molecular flexibility index (Phi) is 10.8. The Bertz CT molecular complexity index is 843. The summed E-state index contributed by atoms with van der Waals surface area (Å²) in [6.45, 7) is 11.0. The van der Waals surface area contributed by atoms with Crippen LogP contribution in [0.5, 0.6) is 0 Å². The number of nitrogens with one attached hydrogen (secondary N) is 3. The van der Waals surface area contributed by atoms with Crippen molar-refractivity contribution in [2.24, 2.45) is 17.8 Å². The number of rotatable bonds is 4. The number of allylic oxidation sites excluding steroid dienone is 1. The van der Waals surface area contributed by atoms with E-state index in [1.54, 1.807) is 26.0 Å². The second kappa shape index (κ2) is 13.1. The molecule has 0 radical (unpaired) electrons. The number of carbonyl (C=O) groups is 5. The number of hydrogen-bond acceptors (Lipinski definition) is 7. The molecule has 0 aliphatic carbocycles. The van der Waals surface area contributed by atoms with Gasteiger partial charge in [-0.15, -0.1) is 0 Å². The molecule has 3 N–H and O–H groups in total. The van der Waals surface area contributed by atoms with Crippen LogP contribution in [0.25, 0.3) is 0 Å². The number of hydrogen-bond donors (Lipinski definition) is 3. The van der Waals surface area contributed by atoms with Gasteiger partial charge < -0.3 is 20.7 Å². The highest BCUT2D eigenvalue weighted by Gasteiger charge is 2.39. The normalized spacial score (nSPS) is 31.8. The van der Waals surface area contributed by atoms with Crippen LogP contribution in [-0.2, 0) is 28.7 Å². The Balaban J connectivity index is 2.45. The maximum atomic E-state index is 13.2. The minimum atomic E-state index is -0.950. The molecule has 0 aromatic rings. The van der Waals surface area contributed by atoms with Gasteiger partial charge in [-0.3, -0.25) is 19.2 Å². The van der Waals surface area contributed by atoms with Crippen LogP contribution in [0.1, 0.15) is 60.8 Å². The zero-order valence-corrected chi connectivity index (χ0v) is 22.3. The maximum Gasteiger partial charge on any atom is 0.329 e. The number of esters is 1. The average Bonchev–Trinajstić information content (AvgIpc) is 2.91. The third kappa shape index (κ3) is 8.08. The Morgan fingerprint density at radius 3 is 2.20 bits per heavy atom. The van der Waals surface area contributed by atoms with Crippen LogP contribution in [0.3, 0.4) is 0 Å². The van der Waals surface area contributed by atoms with Crippen LogP contribution < -0.4 is 16.0 Å². The summed E-state index contributed by atoms with van der Waals surface area (Å²) in [4.78, 5) is 65.2. The Hall–Kier alpha value is -2.36. The van der Waals surface area contributed by atoms with Gasteiger partial charge in [-0.25, -0.2) is 4.79 Å². The quantitative estimate of drug-likeness (QED) is 0.389. The molecule has 2 heterocycles. The second-order valence-electron chi connectivity index (χ2n) is 9.93. The molecule has 2 bridgehead atoms. The first-order valence-corrected chi connectivity index (χ1v) is 13.4. The number of fused-ring (bicyclic) bond motifs is 3. The van der Waals surface area contributed by atoms with E-state index in [-0.39, 0.29) is 41.6 Å². The van der Waals surface area contributed by atoms with Crippen molar-refractivity contribution in [3.8, 4) is 0 Å². The van der Waals surface area contributed by atoms with Crippen molar-refractivity contribution in [3.05, 3.63) is 12.2 Å². The fourth-order valence-corrected chi connectivity index (χ4v) is 5.25. The minimum absolute atomic E-state index is 0.0359. The zero-order valence-electron chi connectivity index (χ0n) is 21.5. The highest BCUT2D eigenvalue weighted by atomic mass is 32.2. The van der Waals surface area contributed by atoms with Crippen LogP contribution >= 0.6 is 11.8 Å². The molecule has 2 aliphatic rings. The number of Topliss-reactive ketones (excluding diaryl/α,β-unsaturated/α-hetero) is 1. The lowest BCUT2D eigenvalue weighted by atomic mass is 9.92. The van der Waals surface area contributed by atoms with Crippen molar-refractivity contribution >= 4 is 41.2 Å². The monoisotopic (exact) mass is 509 g/mol. The molecule has 35 heavy (non-hydrogen) atoms. The van der Waals surface area contributed by atoms with Crippen molar-refractivity contribution in [1.29, 1.82) is 0 Å². The minimum Gasteiger partial charge on any atom is -0.456 e. The largest absolute Gasteiger partial charge is 0.456 e. The van der Waals surface area contributed by atoms with Gasteiger partial charge in [-0.2, -0.15) is 11.8 Å². The van der Waals surface area contributed by atoms with E-state index in [9.17, 15) is 24.0 Å². The zero-order chi connectivity index (χ0) is 26.3. The third-order valence-electron chi connectivity index (χ3n) is 6.22. The lowest BCUT2D eigenvalue weighted by Gasteiger charge is -2.28. The summed E-state index contributed by atoms with van der Waals surface area (Å²) < 4.78 is 5.64. The lowest BCUT2D eigenvalue weighted by Crippen LogP contribution is -2.56.